The van der Waals surface area contributed by atoms with Crippen LogP contribution in [0.4, 0.5) is 0 Å². The number of fused-ring (bicyclic) bond motifs is 1. The second-order valence-corrected chi connectivity index (χ2v) is 8.82. The summed E-state index contributed by atoms with van der Waals surface area (Å²) in [6.45, 7) is 1.28. The summed E-state index contributed by atoms with van der Waals surface area (Å²) in [6.07, 6.45) is 1.60. The average Bonchev–Trinajstić information content (AvgIpc) is 3.26. The Labute approximate surface area is 190 Å². The second kappa shape index (κ2) is 8.93. The van der Waals surface area contributed by atoms with Crippen LogP contribution in [-0.4, -0.2) is 40.8 Å². The van der Waals surface area contributed by atoms with Crippen molar-refractivity contribution in [3.8, 4) is 5.19 Å². The molecule has 2 heterocycles. The lowest BCUT2D eigenvalue weighted by atomic mass is 10.0. The quantitative estimate of drug-likeness (QED) is 0.398. The third kappa shape index (κ3) is 4.27. The number of amides is 1. The molecule has 0 spiro atoms. The van der Waals surface area contributed by atoms with E-state index in [2.05, 4.69) is 4.98 Å². The highest BCUT2D eigenvalue weighted by molar-refractivity contribution is 7.20. The van der Waals surface area contributed by atoms with Gasteiger partial charge in [0.2, 0.25) is 0 Å². The standard InChI is InChI=1S/C26H22N2O3S/c29-24(18-6-2-1-3-7-18)19-10-12-20(13-11-19)25(30)28-16-14-21(15-17-28)31-26-27-22-8-4-5-9-23(22)32-26/h1-13,21H,14-17H2. The van der Waals surface area contributed by atoms with Crippen molar-refractivity contribution < 1.29 is 14.3 Å². The molecule has 6 heteroatoms. The first-order valence-corrected chi connectivity index (χ1v) is 11.5. The van der Waals surface area contributed by atoms with Crippen LogP contribution in [0.1, 0.15) is 39.1 Å². The Morgan fingerprint density at radius 3 is 2.16 bits per heavy atom. The molecular formula is C26H22N2O3S. The topological polar surface area (TPSA) is 59.5 Å². The number of ketones is 1. The Morgan fingerprint density at radius 2 is 1.44 bits per heavy atom. The van der Waals surface area contributed by atoms with Crippen molar-refractivity contribution in [1.29, 1.82) is 0 Å². The van der Waals surface area contributed by atoms with Crippen LogP contribution in [0.25, 0.3) is 10.2 Å². The molecule has 0 N–H and O–H groups in total. The van der Waals surface area contributed by atoms with Gasteiger partial charge in [0.15, 0.2) is 5.78 Å². The van der Waals surface area contributed by atoms with E-state index in [0.717, 1.165) is 23.1 Å². The van der Waals surface area contributed by atoms with Gasteiger partial charge >= 0.3 is 0 Å². The summed E-state index contributed by atoms with van der Waals surface area (Å²) < 4.78 is 7.21. The zero-order chi connectivity index (χ0) is 21.9. The van der Waals surface area contributed by atoms with E-state index in [1.807, 2.05) is 47.4 Å². The van der Waals surface area contributed by atoms with Crippen LogP contribution in [-0.2, 0) is 0 Å². The highest BCUT2D eigenvalue weighted by Gasteiger charge is 2.25. The highest BCUT2D eigenvalue weighted by atomic mass is 32.1. The fourth-order valence-corrected chi connectivity index (χ4v) is 4.80. The SMILES string of the molecule is O=C(c1ccccc1)c1ccc(C(=O)N2CCC(Oc3nc4ccccc4s3)CC2)cc1. The van der Waals surface area contributed by atoms with Gasteiger partial charge in [0, 0.05) is 42.6 Å². The third-order valence-electron chi connectivity index (χ3n) is 5.70. The Hall–Kier alpha value is -3.51. The van der Waals surface area contributed by atoms with Gasteiger partial charge in [-0.15, -0.1) is 0 Å². The van der Waals surface area contributed by atoms with Crippen LogP contribution < -0.4 is 4.74 Å². The van der Waals surface area contributed by atoms with Crippen molar-refractivity contribution >= 4 is 33.2 Å². The Morgan fingerprint density at radius 1 is 0.812 bits per heavy atom. The molecule has 0 atom stereocenters. The van der Waals surface area contributed by atoms with Crippen molar-refractivity contribution in [2.24, 2.45) is 0 Å². The average molecular weight is 443 g/mol. The van der Waals surface area contributed by atoms with Crippen molar-refractivity contribution in [3.05, 3.63) is 95.6 Å². The van der Waals surface area contributed by atoms with E-state index in [1.54, 1.807) is 47.7 Å². The molecule has 0 aliphatic carbocycles. The fraction of sp³-hybridized carbons (Fsp3) is 0.192. The molecule has 0 saturated carbocycles. The first-order chi connectivity index (χ1) is 15.7. The number of para-hydroxylation sites is 1. The molecule has 1 amide bonds. The number of ether oxygens (including phenoxy) is 1. The van der Waals surface area contributed by atoms with Crippen molar-refractivity contribution in [2.75, 3.05) is 13.1 Å². The molecule has 0 radical (unpaired) electrons. The molecule has 5 nitrogen and oxygen atoms in total. The minimum absolute atomic E-state index is 0.0119. The zero-order valence-electron chi connectivity index (χ0n) is 17.4. The Bertz CT molecular complexity index is 1210. The van der Waals surface area contributed by atoms with Crippen LogP contribution in [0.2, 0.25) is 0 Å². The summed E-state index contributed by atoms with van der Waals surface area (Å²) in [5, 5.41) is 0.689. The van der Waals surface area contributed by atoms with E-state index in [-0.39, 0.29) is 17.8 Å². The molecule has 4 aromatic rings. The van der Waals surface area contributed by atoms with Crippen LogP contribution in [0.15, 0.2) is 78.9 Å². The maximum Gasteiger partial charge on any atom is 0.274 e. The van der Waals surface area contributed by atoms with E-state index < -0.39 is 0 Å². The minimum Gasteiger partial charge on any atom is -0.467 e. The summed E-state index contributed by atoms with van der Waals surface area (Å²) in [5.74, 6) is -0.0560. The molecular weight excluding hydrogens is 420 g/mol. The van der Waals surface area contributed by atoms with E-state index in [9.17, 15) is 9.59 Å². The van der Waals surface area contributed by atoms with Gasteiger partial charge in [-0.25, -0.2) is 4.98 Å². The zero-order valence-corrected chi connectivity index (χ0v) is 18.3. The Balaban J connectivity index is 1.18. The lowest BCUT2D eigenvalue weighted by Crippen LogP contribution is -2.41. The van der Waals surface area contributed by atoms with Gasteiger partial charge in [-0.2, -0.15) is 0 Å². The first-order valence-electron chi connectivity index (χ1n) is 10.7. The molecule has 1 aromatic heterocycles. The van der Waals surface area contributed by atoms with E-state index in [4.69, 9.17) is 4.74 Å². The number of thiazole rings is 1. The number of likely N-dealkylation sites (tertiary alicyclic amines) is 1. The number of rotatable bonds is 5. The monoisotopic (exact) mass is 442 g/mol. The molecule has 1 aliphatic heterocycles. The fourth-order valence-electron chi connectivity index (χ4n) is 3.92. The minimum atomic E-state index is -0.0441. The van der Waals surface area contributed by atoms with Gasteiger partial charge in [-0.05, 0) is 24.3 Å². The van der Waals surface area contributed by atoms with E-state index in [1.165, 1.54) is 0 Å². The van der Waals surface area contributed by atoms with Gasteiger partial charge in [0.1, 0.15) is 6.10 Å². The normalized spacial score (nSPS) is 14.4. The number of hydrogen-bond acceptors (Lipinski definition) is 5. The highest BCUT2D eigenvalue weighted by Crippen LogP contribution is 2.29. The first kappa shape index (κ1) is 20.4. The maximum absolute atomic E-state index is 12.9. The van der Waals surface area contributed by atoms with E-state index >= 15 is 0 Å². The molecule has 0 unspecified atom stereocenters. The van der Waals surface area contributed by atoms with Gasteiger partial charge in [-0.1, -0.05) is 65.9 Å². The number of carbonyl (C=O) groups is 2. The van der Waals surface area contributed by atoms with Crippen LogP contribution >= 0.6 is 11.3 Å². The van der Waals surface area contributed by atoms with Crippen molar-refractivity contribution in [2.45, 2.75) is 18.9 Å². The number of benzene rings is 3. The molecule has 32 heavy (non-hydrogen) atoms. The molecule has 3 aromatic carbocycles. The smallest absolute Gasteiger partial charge is 0.274 e. The maximum atomic E-state index is 12.9. The third-order valence-corrected chi connectivity index (χ3v) is 6.63. The predicted octanol–water partition coefficient (Wildman–Crippen LogP) is 5.21. The van der Waals surface area contributed by atoms with Gasteiger partial charge in [-0.3, -0.25) is 9.59 Å². The molecule has 5 rings (SSSR count). The van der Waals surface area contributed by atoms with Crippen LogP contribution in [0, 0.1) is 0 Å². The van der Waals surface area contributed by atoms with E-state index in [0.29, 0.717) is 35.0 Å². The van der Waals surface area contributed by atoms with Gasteiger partial charge in [0.05, 0.1) is 10.2 Å². The Kier molecular flexibility index (Phi) is 5.69. The number of piperidine rings is 1. The van der Waals surface area contributed by atoms with Gasteiger partial charge < -0.3 is 9.64 Å². The van der Waals surface area contributed by atoms with Crippen molar-refractivity contribution in [1.82, 2.24) is 9.88 Å². The second-order valence-electron chi connectivity index (χ2n) is 7.83. The van der Waals surface area contributed by atoms with Gasteiger partial charge in [0.25, 0.3) is 11.1 Å². The summed E-state index contributed by atoms with van der Waals surface area (Å²) in [7, 11) is 0. The lowest BCUT2D eigenvalue weighted by Gasteiger charge is -2.31. The number of carbonyl (C=O) groups excluding carboxylic acids is 2. The largest absolute Gasteiger partial charge is 0.467 e. The van der Waals surface area contributed by atoms with Crippen molar-refractivity contribution in [3.63, 3.8) is 0 Å². The molecule has 1 saturated heterocycles. The lowest BCUT2D eigenvalue weighted by molar-refractivity contribution is 0.0595. The number of nitrogens with zero attached hydrogens (tertiary/aromatic N) is 2. The van der Waals surface area contributed by atoms with Crippen LogP contribution in [0.5, 0.6) is 5.19 Å². The molecule has 0 bridgehead atoms. The molecule has 160 valence electrons. The predicted molar refractivity (Wildman–Crippen MR) is 125 cm³/mol. The summed E-state index contributed by atoms with van der Waals surface area (Å²) >= 11 is 1.56. The summed E-state index contributed by atoms with van der Waals surface area (Å²) in [5.41, 5.74) is 2.77. The summed E-state index contributed by atoms with van der Waals surface area (Å²) in [6, 6.07) is 24.1. The molecule has 1 fully saturated rings. The molecule has 1 aliphatic rings. The number of hydrogen-bond donors (Lipinski definition) is 0. The van der Waals surface area contributed by atoms with Crippen LogP contribution in [0.3, 0.4) is 0 Å². The number of aromatic nitrogens is 1. The summed E-state index contributed by atoms with van der Waals surface area (Å²) in [4.78, 5) is 31.9.